The number of benzene rings is 2. The van der Waals surface area contributed by atoms with Crippen molar-refractivity contribution >= 4 is 0 Å². The van der Waals surface area contributed by atoms with Crippen LogP contribution in [0, 0.1) is 0 Å². The van der Waals surface area contributed by atoms with Gasteiger partial charge in [0.1, 0.15) is 0 Å². The Balaban J connectivity index is 2.14. The van der Waals surface area contributed by atoms with E-state index in [9.17, 15) is 26.3 Å². The number of halogens is 6. The standard InChI is InChI=1S/C19H18F6N2/c20-18(21,22)14-5-3-4-13(12-14)17(27-10-8-26-9-11-27)15-6-1-2-7-16(15)19(23,24)25/h1-7,12,17,26H,8-11H2. The van der Waals surface area contributed by atoms with Crippen LogP contribution in [0.15, 0.2) is 48.5 Å². The van der Waals surface area contributed by atoms with E-state index in [0.717, 1.165) is 18.2 Å². The molecule has 146 valence electrons. The molecule has 1 aliphatic rings. The largest absolute Gasteiger partial charge is 0.416 e. The summed E-state index contributed by atoms with van der Waals surface area (Å²) < 4.78 is 80.1. The monoisotopic (exact) mass is 388 g/mol. The molecule has 1 unspecified atom stereocenters. The Kier molecular flexibility index (Phi) is 5.48. The van der Waals surface area contributed by atoms with Crippen LogP contribution >= 0.6 is 0 Å². The van der Waals surface area contributed by atoms with Crippen molar-refractivity contribution in [3.63, 3.8) is 0 Å². The van der Waals surface area contributed by atoms with Gasteiger partial charge in [-0.3, -0.25) is 4.90 Å². The minimum absolute atomic E-state index is 0.0359. The van der Waals surface area contributed by atoms with E-state index in [1.807, 2.05) is 0 Å². The third-order valence-corrected chi connectivity index (χ3v) is 4.61. The molecule has 2 aromatic carbocycles. The number of piperazine rings is 1. The Morgan fingerprint density at radius 2 is 1.48 bits per heavy atom. The van der Waals surface area contributed by atoms with Gasteiger partial charge in [-0.1, -0.05) is 30.3 Å². The highest BCUT2D eigenvalue weighted by atomic mass is 19.4. The average molecular weight is 388 g/mol. The number of hydrogen-bond acceptors (Lipinski definition) is 2. The predicted octanol–water partition coefficient (Wildman–Crippen LogP) is 4.72. The Labute approximate surface area is 152 Å². The highest BCUT2D eigenvalue weighted by Gasteiger charge is 2.38. The van der Waals surface area contributed by atoms with Gasteiger partial charge in [-0.25, -0.2) is 0 Å². The van der Waals surface area contributed by atoms with E-state index in [4.69, 9.17) is 0 Å². The van der Waals surface area contributed by atoms with E-state index >= 15 is 0 Å². The first-order valence-corrected chi connectivity index (χ1v) is 8.46. The fourth-order valence-electron chi connectivity index (χ4n) is 3.41. The number of nitrogens with one attached hydrogen (secondary N) is 1. The molecule has 1 atom stereocenters. The van der Waals surface area contributed by atoms with Crippen LogP contribution in [0.3, 0.4) is 0 Å². The smallest absolute Gasteiger partial charge is 0.314 e. The molecule has 0 bridgehead atoms. The first-order chi connectivity index (χ1) is 12.7. The molecule has 1 N–H and O–H groups in total. The zero-order valence-corrected chi connectivity index (χ0v) is 14.2. The maximum atomic E-state index is 13.5. The Bertz CT molecular complexity index is 778. The van der Waals surface area contributed by atoms with Gasteiger partial charge >= 0.3 is 12.4 Å². The van der Waals surface area contributed by atoms with Gasteiger partial charge in [-0.15, -0.1) is 0 Å². The van der Waals surface area contributed by atoms with Gasteiger partial charge in [-0.05, 0) is 29.3 Å². The summed E-state index contributed by atoms with van der Waals surface area (Å²) in [5.74, 6) is 0. The van der Waals surface area contributed by atoms with Crippen LogP contribution in [0.5, 0.6) is 0 Å². The molecule has 3 rings (SSSR count). The van der Waals surface area contributed by atoms with E-state index in [1.54, 1.807) is 4.90 Å². The van der Waals surface area contributed by atoms with Gasteiger partial charge in [0.05, 0.1) is 17.2 Å². The molecule has 0 spiro atoms. The summed E-state index contributed by atoms with van der Waals surface area (Å²) in [6, 6.07) is 8.73. The molecule has 0 aliphatic carbocycles. The average Bonchev–Trinajstić information content (AvgIpc) is 2.62. The van der Waals surface area contributed by atoms with Gasteiger partial charge < -0.3 is 5.32 Å². The van der Waals surface area contributed by atoms with Crippen molar-refractivity contribution < 1.29 is 26.3 Å². The number of nitrogens with zero attached hydrogens (tertiary/aromatic N) is 1. The zero-order valence-electron chi connectivity index (χ0n) is 14.2. The quantitative estimate of drug-likeness (QED) is 0.766. The van der Waals surface area contributed by atoms with Crippen molar-refractivity contribution in [1.82, 2.24) is 10.2 Å². The summed E-state index contributed by atoms with van der Waals surface area (Å²) in [4.78, 5) is 1.79. The molecule has 2 aromatic rings. The van der Waals surface area contributed by atoms with Gasteiger partial charge in [0, 0.05) is 26.2 Å². The second-order valence-corrected chi connectivity index (χ2v) is 6.40. The highest BCUT2D eigenvalue weighted by molar-refractivity contribution is 5.41. The van der Waals surface area contributed by atoms with E-state index in [1.165, 1.54) is 30.3 Å². The predicted molar refractivity (Wildman–Crippen MR) is 89.2 cm³/mol. The van der Waals surface area contributed by atoms with Crippen LogP contribution in [0.4, 0.5) is 26.3 Å². The summed E-state index contributed by atoms with van der Waals surface area (Å²) in [5.41, 5.74) is -1.54. The van der Waals surface area contributed by atoms with Crippen molar-refractivity contribution in [3.8, 4) is 0 Å². The van der Waals surface area contributed by atoms with E-state index in [-0.39, 0.29) is 11.1 Å². The molecule has 1 saturated heterocycles. The Morgan fingerprint density at radius 1 is 0.815 bits per heavy atom. The van der Waals surface area contributed by atoms with Crippen LogP contribution in [0.25, 0.3) is 0 Å². The van der Waals surface area contributed by atoms with Crippen molar-refractivity contribution in [1.29, 1.82) is 0 Å². The number of rotatable bonds is 3. The van der Waals surface area contributed by atoms with Gasteiger partial charge in [-0.2, -0.15) is 26.3 Å². The van der Waals surface area contributed by atoms with Crippen LogP contribution < -0.4 is 5.32 Å². The van der Waals surface area contributed by atoms with Crippen LogP contribution in [-0.4, -0.2) is 31.1 Å². The molecule has 0 radical (unpaired) electrons. The van der Waals surface area contributed by atoms with E-state index in [0.29, 0.717) is 26.2 Å². The molecule has 0 saturated carbocycles. The lowest BCUT2D eigenvalue weighted by Gasteiger charge is -2.36. The first kappa shape index (κ1) is 19.7. The van der Waals surface area contributed by atoms with Crippen molar-refractivity contribution in [2.45, 2.75) is 18.4 Å². The van der Waals surface area contributed by atoms with E-state index < -0.39 is 29.5 Å². The molecule has 8 heteroatoms. The van der Waals surface area contributed by atoms with Crippen molar-refractivity contribution in [2.24, 2.45) is 0 Å². The summed E-state index contributed by atoms with van der Waals surface area (Å²) in [6.45, 7) is 1.99. The summed E-state index contributed by atoms with van der Waals surface area (Å²) in [6.07, 6.45) is -9.15. The lowest BCUT2D eigenvalue weighted by atomic mass is 9.91. The summed E-state index contributed by atoms with van der Waals surface area (Å²) in [5, 5.41) is 3.11. The number of alkyl halides is 6. The van der Waals surface area contributed by atoms with Crippen LogP contribution in [-0.2, 0) is 12.4 Å². The third kappa shape index (κ3) is 4.44. The summed E-state index contributed by atoms with van der Waals surface area (Å²) >= 11 is 0. The Hall–Kier alpha value is -2.06. The Morgan fingerprint density at radius 3 is 2.11 bits per heavy atom. The minimum Gasteiger partial charge on any atom is -0.314 e. The highest BCUT2D eigenvalue weighted by Crippen LogP contribution is 2.40. The van der Waals surface area contributed by atoms with Gasteiger partial charge in [0.2, 0.25) is 0 Å². The molecular formula is C19H18F6N2. The van der Waals surface area contributed by atoms with Crippen molar-refractivity contribution in [3.05, 3.63) is 70.8 Å². The van der Waals surface area contributed by atoms with Gasteiger partial charge in [0.25, 0.3) is 0 Å². The lowest BCUT2D eigenvalue weighted by molar-refractivity contribution is -0.139. The minimum atomic E-state index is -4.59. The maximum absolute atomic E-state index is 13.5. The fourth-order valence-corrected chi connectivity index (χ4v) is 3.41. The number of hydrogen-bond donors (Lipinski definition) is 1. The molecule has 27 heavy (non-hydrogen) atoms. The second-order valence-electron chi connectivity index (χ2n) is 6.40. The summed E-state index contributed by atoms with van der Waals surface area (Å²) in [7, 11) is 0. The normalized spacial score (nSPS) is 17.7. The first-order valence-electron chi connectivity index (χ1n) is 8.46. The lowest BCUT2D eigenvalue weighted by Crippen LogP contribution is -2.45. The van der Waals surface area contributed by atoms with Gasteiger partial charge in [0.15, 0.2) is 0 Å². The fraction of sp³-hybridized carbons (Fsp3) is 0.368. The maximum Gasteiger partial charge on any atom is 0.416 e. The molecule has 1 fully saturated rings. The molecular weight excluding hydrogens is 370 g/mol. The SMILES string of the molecule is FC(F)(F)c1cccc(C(c2ccccc2C(F)(F)F)N2CCNCC2)c1. The second kappa shape index (κ2) is 7.52. The van der Waals surface area contributed by atoms with E-state index in [2.05, 4.69) is 5.32 Å². The van der Waals surface area contributed by atoms with Crippen molar-refractivity contribution in [2.75, 3.05) is 26.2 Å². The molecule has 1 aliphatic heterocycles. The third-order valence-electron chi connectivity index (χ3n) is 4.61. The zero-order chi connectivity index (χ0) is 19.7. The molecule has 1 heterocycles. The molecule has 0 amide bonds. The molecule has 0 aromatic heterocycles. The van der Waals surface area contributed by atoms with Crippen LogP contribution in [0.2, 0.25) is 0 Å². The van der Waals surface area contributed by atoms with Crippen LogP contribution in [0.1, 0.15) is 28.3 Å². The molecule has 2 nitrogen and oxygen atoms in total. The topological polar surface area (TPSA) is 15.3 Å².